The number of nitrogens with one attached hydrogen (secondary N) is 1. The maximum atomic E-state index is 12.9. The quantitative estimate of drug-likeness (QED) is 0.364. The van der Waals surface area contributed by atoms with Gasteiger partial charge in [-0.3, -0.25) is 4.79 Å². The molecule has 1 N–H and O–H groups in total. The predicted molar refractivity (Wildman–Crippen MR) is 176 cm³/mol. The summed E-state index contributed by atoms with van der Waals surface area (Å²) < 4.78 is 29.7. The van der Waals surface area contributed by atoms with Crippen LogP contribution in [0.2, 0.25) is 0 Å². The summed E-state index contributed by atoms with van der Waals surface area (Å²) >= 11 is 0. The van der Waals surface area contributed by atoms with Gasteiger partial charge in [-0.1, -0.05) is 12.6 Å². The zero-order valence-electron chi connectivity index (χ0n) is 25.9. The van der Waals surface area contributed by atoms with Crippen LogP contribution in [0.3, 0.4) is 0 Å². The molecule has 2 aromatic heterocycles. The molecule has 1 aromatic carbocycles. The number of piperidine rings is 1. The number of hydrogen-bond acceptors (Lipinski definition) is 10. The van der Waals surface area contributed by atoms with Gasteiger partial charge in [0, 0.05) is 67.2 Å². The highest BCUT2D eigenvalue weighted by atomic mass is 32.2. The van der Waals surface area contributed by atoms with E-state index in [1.165, 1.54) is 12.3 Å². The van der Waals surface area contributed by atoms with Crippen LogP contribution in [-0.2, 0) is 19.4 Å². The maximum Gasteiger partial charge on any atom is 0.246 e. The molecule has 7 rings (SSSR count). The van der Waals surface area contributed by atoms with E-state index in [4.69, 9.17) is 14.7 Å². The molecule has 0 unspecified atom stereocenters. The number of hydrogen-bond donors (Lipinski definition) is 1. The number of carbonyl (C=O) groups is 1. The molecule has 4 fully saturated rings. The maximum absolute atomic E-state index is 12.9. The molecular weight excluding hydrogens is 590 g/mol. The van der Waals surface area contributed by atoms with Crippen molar-refractivity contribution in [2.24, 2.45) is 11.8 Å². The first kappa shape index (κ1) is 29.9. The lowest BCUT2D eigenvalue weighted by atomic mass is 9.87. The van der Waals surface area contributed by atoms with Crippen LogP contribution in [0.1, 0.15) is 44.2 Å². The highest BCUT2D eigenvalue weighted by Gasteiger charge is 2.40. The van der Waals surface area contributed by atoms with E-state index >= 15 is 0 Å². The van der Waals surface area contributed by atoms with Gasteiger partial charge in [-0.05, 0) is 67.8 Å². The van der Waals surface area contributed by atoms with Crippen LogP contribution in [0.15, 0.2) is 49.3 Å². The van der Waals surface area contributed by atoms with Gasteiger partial charge in [0.15, 0.2) is 0 Å². The summed E-state index contributed by atoms with van der Waals surface area (Å²) in [5, 5.41) is 5.41. The SMILES string of the molecule is C=CC(=O)N1CCCC[C@@H]1c1ccc(N2C[C@H](CS(C)(=O)=O)[C@H]2C)c2cnc(Nc3ccnc(N4CC[C@@H]5COC[C@@H]54)n3)cc12. The summed E-state index contributed by atoms with van der Waals surface area (Å²) in [4.78, 5) is 33.6. The fourth-order valence-electron chi connectivity index (χ4n) is 7.69. The van der Waals surface area contributed by atoms with Gasteiger partial charge in [-0.2, -0.15) is 4.98 Å². The van der Waals surface area contributed by atoms with Crippen LogP contribution >= 0.6 is 0 Å². The third-order valence-electron chi connectivity index (χ3n) is 10.1. The molecule has 0 saturated carbocycles. The summed E-state index contributed by atoms with van der Waals surface area (Å²) in [6, 6.07) is 8.46. The molecule has 4 aliphatic heterocycles. The van der Waals surface area contributed by atoms with E-state index in [1.807, 2.05) is 17.2 Å². The number of ether oxygens (including phenoxy) is 1. The highest BCUT2D eigenvalue weighted by Crippen LogP contribution is 2.42. The van der Waals surface area contributed by atoms with Gasteiger partial charge in [0.05, 0.1) is 31.1 Å². The normalized spacial score (nSPS) is 26.5. The van der Waals surface area contributed by atoms with Gasteiger partial charge in [0.2, 0.25) is 11.9 Å². The molecule has 4 saturated heterocycles. The molecule has 0 bridgehead atoms. The molecule has 4 aliphatic rings. The van der Waals surface area contributed by atoms with Gasteiger partial charge < -0.3 is 24.8 Å². The number of rotatable bonds is 8. The van der Waals surface area contributed by atoms with Crippen molar-refractivity contribution >= 4 is 49.8 Å². The van der Waals surface area contributed by atoms with Crippen LogP contribution < -0.4 is 15.1 Å². The predicted octanol–water partition coefficient (Wildman–Crippen LogP) is 4.10. The minimum absolute atomic E-state index is 0.0605. The van der Waals surface area contributed by atoms with Crippen molar-refractivity contribution in [2.75, 3.05) is 60.0 Å². The van der Waals surface area contributed by atoms with Crippen molar-refractivity contribution in [3.8, 4) is 0 Å². The lowest BCUT2D eigenvalue weighted by Crippen LogP contribution is -2.57. The third-order valence-corrected chi connectivity index (χ3v) is 11.2. The summed E-state index contributed by atoms with van der Waals surface area (Å²) in [5.74, 6) is 2.73. The summed E-state index contributed by atoms with van der Waals surface area (Å²) in [5.41, 5.74) is 2.09. The van der Waals surface area contributed by atoms with Crippen molar-refractivity contribution in [3.63, 3.8) is 0 Å². The van der Waals surface area contributed by atoms with Crippen LogP contribution in [0, 0.1) is 11.8 Å². The second-order valence-electron chi connectivity index (χ2n) is 13.0. The largest absolute Gasteiger partial charge is 0.379 e. The molecule has 1 amide bonds. The first-order valence-electron chi connectivity index (χ1n) is 15.9. The Morgan fingerprint density at radius 1 is 1.09 bits per heavy atom. The van der Waals surface area contributed by atoms with Gasteiger partial charge in [-0.25, -0.2) is 18.4 Å². The smallest absolute Gasteiger partial charge is 0.246 e. The first-order chi connectivity index (χ1) is 21.7. The molecule has 0 radical (unpaired) electrons. The topological polar surface area (TPSA) is 121 Å². The molecule has 0 aliphatic carbocycles. The summed E-state index contributed by atoms with van der Waals surface area (Å²) in [7, 11) is -3.06. The number of pyridine rings is 1. The Balaban J connectivity index is 1.24. The Labute approximate surface area is 264 Å². The zero-order chi connectivity index (χ0) is 31.3. The van der Waals surface area contributed by atoms with Gasteiger partial charge in [0.25, 0.3) is 0 Å². The first-order valence-corrected chi connectivity index (χ1v) is 18.0. The number of carbonyl (C=O) groups excluding carboxylic acids is 1. The molecule has 3 aromatic rings. The number of benzene rings is 1. The standard InChI is InChI=1S/C33H41N7O4S/c1-4-32(41)38-13-6-5-7-27(38)24-8-9-28(40-17-23(21(40)2)20-45(3,42)43)26-16-35-31(15-25(24)26)36-30-10-12-34-33(37-30)39-14-11-22-18-44-19-29(22)39/h4,8-10,12,15-16,21-23,27,29H,1,5-7,11,13-14,17-20H2,2-3H3,(H,34,35,36,37)/t21-,22-,23-,27-,29+/m1/s1. The Hall–Kier alpha value is -3.77. The number of amides is 1. The van der Waals surface area contributed by atoms with E-state index in [1.54, 1.807) is 6.20 Å². The van der Waals surface area contributed by atoms with Gasteiger partial charge in [-0.15, -0.1) is 0 Å². The minimum Gasteiger partial charge on any atom is -0.379 e. The van der Waals surface area contributed by atoms with Crippen molar-refractivity contribution in [2.45, 2.75) is 50.7 Å². The summed E-state index contributed by atoms with van der Waals surface area (Å²) in [6.45, 7) is 9.63. The van der Waals surface area contributed by atoms with Crippen molar-refractivity contribution < 1.29 is 17.9 Å². The number of fused-ring (bicyclic) bond motifs is 2. The molecule has 6 heterocycles. The van der Waals surface area contributed by atoms with E-state index in [0.717, 1.165) is 60.9 Å². The van der Waals surface area contributed by atoms with E-state index in [-0.39, 0.29) is 29.7 Å². The molecule has 12 heteroatoms. The highest BCUT2D eigenvalue weighted by molar-refractivity contribution is 7.90. The minimum atomic E-state index is -3.06. The number of nitrogens with zero attached hydrogens (tertiary/aromatic N) is 6. The monoisotopic (exact) mass is 631 g/mol. The van der Waals surface area contributed by atoms with Crippen LogP contribution in [0.25, 0.3) is 10.8 Å². The van der Waals surface area contributed by atoms with E-state index in [2.05, 4.69) is 51.8 Å². The van der Waals surface area contributed by atoms with Gasteiger partial charge >= 0.3 is 0 Å². The van der Waals surface area contributed by atoms with Crippen molar-refractivity contribution in [1.82, 2.24) is 19.9 Å². The van der Waals surface area contributed by atoms with Crippen LogP contribution in [0.5, 0.6) is 0 Å². The number of anilines is 4. The Bertz CT molecular complexity index is 1730. The van der Waals surface area contributed by atoms with E-state index in [0.29, 0.717) is 49.2 Å². The average Bonchev–Trinajstić information content (AvgIpc) is 3.66. The average molecular weight is 632 g/mol. The van der Waals surface area contributed by atoms with Crippen LogP contribution in [0.4, 0.5) is 23.3 Å². The number of sulfone groups is 1. The molecular formula is C33H41N7O4S. The second-order valence-corrected chi connectivity index (χ2v) is 15.2. The van der Waals surface area contributed by atoms with E-state index in [9.17, 15) is 13.2 Å². The van der Waals surface area contributed by atoms with E-state index < -0.39 is 9.84 Å². The molecule has 0 spiro atoms. The second kappa shape index (κ2) is 11.9. The molecule has 11 nitrogen and oxygen atoms in total. The lowest BCUT2D eigenvalue weighted by Gasteiger charge is -2.48. The lowest BCUT2D eigenvalue weighted by molar-refractivity contribution is -0.129. The van der Waals surface area contributed by atoms with Crippen molar-refractivity contribution in [1.29, 1.82) is 0 Å². The molecule has 45 heavy (non-hydrogen) atoms. The molecule has 238 valence electrons. The fourth-order valence-corrected chi connectivity index (χ4v) is 8.85. The Morgan fingerprint density at radius 2 is 1.96 bits per heavy atom. The summed E-state index contributed by atoms with van der Waals surface area (Å²) in [6.07, 6.45) is 10.3. The number of aromatic nitrogens is 3. The zero-order valence-corrected chi connectivity index (χ0v) is 26.7. The van der Waals surface area contributed by atoms with Gasteiger partial charge in [0.1, 0.15) is 21.5 Å². The molecule has 5 atom stereocenters. The number of likely N-dealkylation sites (tertiary alicyclic amines) is 1. The Kier molecular flexibility index (Phi) is 7.89. The Morgan fingerprint density at radius 3 is 2.76 bits per heavy atom. The van der Waals surface area contributed by atoms with Crippen LogP contribution in [-0.4, -0.2) is 91.1 Å². The fraction of sp³-hybridized carbons (Fsp3) is 0.515. The third kappa shape index (κ3) is 5.74. The van der Waals surface area contributed by atoms with Crippen molar-refractivity contribution in [3.05, 3.63) is 54.9 Å².